The Bertz CT molecular complexity index is 766. The quantitative estimate of drug-likeness (QED) is 0.443. The molecule has 0 aliphatic rings. The van der Waals surface area contributed by atoms with Gasteiger partial charge in [-0.3, -0.25) is 9.59 Å². The van der Waals surface area contributed by atoms with Crippen molar-refractivity contribution in [3.8, 4) is 0 Å². The molecule has 0 heterocycles. The number of carbonyl (C=O) groups excluding carboxylic acids is 2. The maximum absolute atomic E-state index is 12.7. The van der Waals surface area contributed by atoms with Gasteiger partial charge in [-0.05, 0) is 48.6 Å². The van der Waals surface area contributed by atoms with Gasteiger partial charge in [0.05, 0.1) is 19.6 Å². The summed E-state index contributed by atoms with van der Waals surface area (Å²) in [6.07, 6.45) is 2.05. The molecule has 2 aromatic carbocycles. The molecule has 0 saturated carbocycles. The molecule has 3 N–H and O–H groups in total. The van der Waals surface area contributed by atoms with E-state index in [1.165, 1.54) is 7.11 Å². The molecule has 0 aromatic heterocycles. The highest BCUT2D eigenvalue weighted by Crippen LogP contribution is 2.23. The van der Waals surface area contributed by atoms with Crippen LogP contribution in [-0.2, 0) is 9.53 Å². The van der Waals surface area contributed by atoms with Gasteiger partial charge in [-0.2, -0.15) is 0 Å². The smallest absolute Gasteiger partial charge is 0.307 e. The van der Waals surface area contributed by atoms with Gasteiger partial charge in [0, 0.05) is 16.1 Å². The van der Waals surface area contributed by atoms with E-state index in [-0.39, 0.29) is 30.7 Å². The number of nitrogens with one attached hydrogen (secondary N) is 1. The fourth-order valence-electron chi connectivity index (χ4n) is 2.46. The predicted molar refractivity (Wildman–Crippen MR) is 108 cm³/mol. The van der Waals surface area contributed by atoms with Crippen molar-refractivity contribution in [3.05, 3.63) is 59.2 Å². The summed E-state index contributed by atoms with van der Waals surface area (Å²) in [6, 6.07) is 12.4. The van der Waals surface area contributed by atoms with Gasteiger partial charge in [0.25, 0.3) is 5.91 Å². The van der Waals surface area contributed by atoms with Gasteiger partial charge >= 0.3 is 5.97 Å². The molecule has 1 amide bonds. The molecule has 0 bridgehead atoms. The van der Waals surface area contributed by atoms with Crippen molar-refractivity contribution >= 4 is 41.7 Å². The van der Waals surface area contributed by atoms with Crippen LogP contribution in [0.1, 0.15) is 33.9 Å². The number of halogens is 1. The first kappa shape index (κ1) is 21.9. The fraction of sp³-hybridized carbons (Fsp3) is 0.263. The summed E-state index contributed by atoms with van der Waals surface area (Å²) in [7, 11) is 1.33. The van der Waals surface area contributed by atoms with E-state index >= 15 is 0 Å². The number of nitrogens with two attached hydrogens (primary N) is 1. The first-order valence-corrected chi connectivity index (χ1v) is 9.04. The molecule has 140 valence electrons. The Labute approximate surface area is 164 Å². The van der Waals surface area contributed by atoms with Gasteiger partial charge in [-0.25, -0.2) is 0 Å². The normalized spacial score (nSPS) is 11.2. The summed E-state index contributed by atoms with van der Waals surface area (Å²) < 4.78 is 4.76. The monoisotopic (exact) mass is 394 g/mol. The van der Waals surface area contributed by atoms with E-state index in [1.807, 2.05) is 37.4 Å². The highest BCUT2D eigenvalue weighted by Gasteiger charge is 2.20. The number of esters is 1. The Morgan fingerprint density at radius 1 is 1.19 bits per heavy atom. The predicted octanol–water partition coefficient (Wildman–Crippen LogP) is 3.76. The fourth-order valence-corrected chi connectivity index (χ4v) is 2.87. The molecule has 0 aliphatic carbocycles. The molecule has 0 spiro atoms. The summed E-state index contributed by atoms with van der Waals surface area (Å²) >= 11 is 1.63. The average Bonchev–Trinajstić information content (AvgIpc) is 2.63. The summed E-state index contributed by atoms with van der Waals surface area (Å²) in [4.78, 5) is 25.5. The van der Waals surface area contributed by atoms with Crippen LogP contribution in [0.4, 0.5) is 5.69 Å². The van der Waals surface area contributed by atoms with E-state index in [9.17, 15) is 9.59 Å². The van der Waals surface area contributed by atoms with Gasteiger partial charge in [-0.1, -0.05) is 18.2 Å². The lowest BCUT2D eigenvalue weighted by Crippen LogP contribution is -2.31. The number of benzene rings is 2. The van der Waals surface area contributed by atoms with Crippen LogP contribution < -0.4 is 11.1 Å². The first-order chi connectivity index (χ1) is 11.9. The van der Waals surface area contributed by atoms with E-state index in [1.54, 1.807) is 30.0 Å². The molecule has 1 atom stereocenters. The SMILES string of the molecule is COC(=O)CC(NC(=O)c1cc(N)ccc1C)c1ccc(SC)cc1.Cl. The summed E-state index contributed by atoms with van der Waals surface area (Å²) in [6.45, 7) is 1.84. The van der Waals surface area contributed by atoms with Crippen LogP contribution in [0.15, 0.2) is 47.4 Å². The third kappa shape index (κ3) is 5.68. The third-order valence-corrected chi connectivity index (χ3v) is 4.67. The van der Waals surface area contributed by atoms with Crippen LogP contribution in [-0.4, -0.2) is 25.2 Å². The molecule has 0 radical (unpaired) electrons. The lowest BCUT2D eigenvalue weighted by Gasteiger charge is -2.19. The van der Waals surface area contributed by atoms with Crippen LogP contribution in [0.3, 0.4) is 0 Å². The third-order valence-electron chi connectivity index (χ3n) is 3.93. The first-order valence-electron chi connectivity index (χ1n) is 7.82. The van der Waals surface area contributed by atoms with Gasteiger partial charge < -0.3 is 15.8 Å². The van der Waals surface area contributed by atoms with E-state index in [2.05, 4.69) is 5.32 Å². The number of carbonyl (C=O) groups is 2. The molecule has 2 aromatic rings. The molecule has 0 aliphatic heterocycles. The lowest BCUT2D eigenvalue weighted by molar-refractivity contribution is -0.141. The van der Waals surface area contributed by atoms with Gasteiger partial charge in [0.15, 0.2) is 0 Å². The molecule has 1 unspecified atom stereocenters. The van der Waals surface area contributed by atoms with Crippen molar-refractivity contribution in [2.45, 2.75) is 24.3 Å². The minimum atomic E-state index is -0.475. The number of amides is 1. The number of ether oxygens (including phenoxy) is 1. The number of nitrogen functional groups attached to an aromatic ring is 1. The summed E-state index contributed by atoms with van der Waals surface area (Å²) in [5.74, 6) is -0.656. The van der Waals surface area contributed by atoms with Crippen molar-refractivity contribution in [2.75, 3.05) is 19.1 Å². The standard InChI is InChI=1S/C19H22N2O3S.ClH/c1-12-4-7-14(20)10-16(12)19(23)21-17(11-18(22)24-2)13-5-8-15(25-3)9-6-13;/h4-10,17H,11,20H2,1-3H3,(H,21,23);1H. The minimum absolute atomic E-state index is 0. The minimum Gasteiger partial charge on any atom is -0.469 e. The molecule has 5 nitrogen and oxygen atoms in total. The van der Waals surface area contributed by atoms with Crippen LogP contribution in [0.2, 0.25) is 0 Å². The Hall–Kier alpha value is -2.18. The van der Waals surface area contributed by atoms with Gasteiger partial charge in [-0.15, -0.1) is 24.2 Å². The van der Waals surface area contributed by atoms with Crippen molar-refractivity contribution in [1.82, 2.24) is 5.32 Å². The van der Waals surface area contributed by atoms with E-state index < -0.39 is 6.04 Å². The number of methoxy groups -OCH3 is 1. The maximum Gasteiger partial charge on any atom is 0.307 e. The number of aryl methyl sites for hydroxylation is 1. The molecular weight excluding hydrogens is 372 g/mol. The van der Waals surface area contributed by atoms with Crippen LogP contribution in [0, 0.1) is 6.92 Å². The second-order valence-electron chi connectivity index (χ2n) is 5.65. The van der Waals surface area contributed by atoms with E-state index in [0.29, 0.717) is 11.3 Å². The number of anilines is 1. The van der Waals surface area contributed by atoms with Crippen molar-refractivity contribution in [3.63, 3.8) is 0 Å². The Balaban J connectivity index is 0.00000338. The molecule has 0 saturated heterocycles. The van der Waals surface area contributed by atoms with Crippen LogP contribution >= 0.6 is 24.2 Å². The largest absolute Gasteiger partial charge is 0.469 e. The van der Waals surface area contributed by atoms with Crippen molar-refractivity contribution < 1.29 is 14.3 Å². The van der Waals surface area contributed by atoms with E-state index in [4.69, 9.17) is 10.5 Å². The van der Waals surface area contributed by atoms with Crippen molar-refractivity contribution in [1.29, 1.82) is 0 Å². The molecule has 26 heavy (non-hydrogen) atoms. The second-order valence-corrected chi connectivity index (χ2v) is 6.53. The maximum atomic E-state index is 12.7. The van der Waals surface area contributed by atoms with Crippen LogP contribution in [0.5, 0.6) is 0 Å². The second kappa shape index (κ2) is 10.1. The zero-order valence-corrected chi connectivity index (χ0v) is 16.6. The van der Waals surface area contributed by atoms with Crippen molar-refractivity contribution in [2.24, 2.45) is 0 Å². The van der Waals surface area contributed by atoms with E-state index in [0.717, 1.165) is 16.0 Å². The molecular formula is C19H23ClN2O3S. The zero-order chi connectivity index (χ0) is 18.4. The number of hydrogen-bond donors (Lipinski definition) is 2. The number of thioether (sulfide) groups is 1. The topological polar surface area (TPSA) is 81.4 Å². The number of hydrogen-bond acceptors (Lipinski definition) is 5. The average molecular weight is 395 g/mol. The molecule has 2 rings (SSSR count). The Kier molecular flexibility index (Phi) is 8.48. The Morgan fingerprint density at radius 2 is 1.85 bits per heavy atom. The highest BCUT2D eigenvalue weighted by atomic mass is 35.5. The summed E-state index contributed by atoms with van der Waals surface area (Å²) in [5, 5.41) is 2.92. The number of rotatable bonds is 6. The highest BCUT2D eigenvalue weighted by molar-refractivity contribution is 7.98. The van der Waals surface area contributed by atoms with Crippen LogP contribution in [0.25, 0.3) is 0 Å². The summed E-state index contributed by atoms with van der Waals surface area (Å²) in [5.41, 5.74) is 8.47. The lowest BCUT2D eigenvalue weighted by atomic mass is 10.0. The zero-order valence-electron chi connectivity index (χ0n) is 14.9. The molecule has 0 fully saturated rings. The van der Waals surface area contributed by atoms with Gasteiger partial charge in [0.2, 0.25) is 0 Å². The van der Waals surface area contributed by atoms with Gasteiger partial charge in [0.1, 0.15) is 0 Å². The Morgan fingerprint density at radius 3 is 2.42 bits per heavy atom. The molecule has 7 heteroatoms.